The molecule has 0 saturated heterocycles. The lowest BCUT2D eigenvalue weighted by molar-refractivity contribution is -0.384. The minimum atomic E-state index is -0.604. The molecule has 0 fully saturated rings. The number of hydrogen-bond acceptors (Lipinski definition) is 8. The van der Waals surface area contributed by atoms with Crippen molar-refractivity contribution in [3.8, 4) is 0 Å². The molecule has 0 radical (unpaired) electrons. The van der Waals surface area contributed by atoms with Crippen LogP contribution in [-0.4, -0.2) is 29.7 Å². The molecule has 0 aromatic carbocycles. The third-order valence-electron chi connectivity index (χ3n) is 3.23. The van der Waals surface area contributed by atoms with Gasteiger partial charge in [-0.25, -0.2) is 4.98 Å². The first-order chi connectivity index (χ1) is 10.1. The summed E-state index contributed by atoms with van der Waals surface area (Å²) in [6.07, 6.45) is 5.40. The Kier molecular flexibility index (Phi) is 3.69. The van der Waals surface area contributed by atoms with Crippen molar-refractivity contribution in [2.45, 2.75) is 42.5 Å². The highest BCUT2D eigenvalue weighted by Gasteiger charge is 2.19. The molecule has 2 aromatic heterocycles. The lowest BCUT2D eigenvalue weighted by Crippen LogP contribution is -2.04. The molecule has 9 nitrogen and oxygen atoms in total. The quantitative estimate of drug-likeness (QED) is 0.512. The molecule has 0 unspecified atom stereocenters. The second-order valence-electron chi connectivity index (χ2n) is 4.64. The topological polar surface area (TPSA) is 126 Å². The van der Waals surface area contributed by atoms with Crippen molar-refractivity contribution >= 4 is 23.3 Å². The summed E-state index contributed by atoms with van der Waals surface area (Å²) in [5.74, 6) is 0.818. The van der Waals surface area contributed by atoms with Crippen LogP contribution in [0, 0.1) is 10.1 Å². The van der Waals surface area contributed by atoms with Crippen LogP contribution >= 0.6 is 11.8 Å². The molecule has 0 amide bonds. The number of hydrogen-bond donors (Lipinski definition) is 1. The molecule has 2 aromatic rings. The Bertz CT molecular complexity index is 687. The Morgan fingerprint density at radius 1 is 1.33 bits per heavy atom. The molecule has 3 heterocycles. The van der Waals surface area contributed by atoms with Crippen LogP contribution in [0.5, 0.6) is 0 Å². The lowest BCUT2D eigenvalue weighted by atomic mass is 10.2. The van der Waals surface area contributed by atoms with E-state index in [2.05, 4.69) is 24.7 Å². The SMILES string of the molecule is Nc1nc(Sc2nnc3n2CCCCC3)ncc1[N+](=O)[O-]. The Morgan fingerprint density at radius 3 is 2.95 bits per heavy atom. The number of rotatable bonds is 3. The molecule has 2 N–H and O–H groups in total. The fourth-order valence-corrected chi connectivity index (χ4v) is 2.98. The van der Waals surface area contributed by atoms with Crippen molar-refractivity contribution in [3.05, 3.63) is 22.1 Å². The van der Waals surface area contributed by atoms with E-state index in [0.29, 0.717) is 10.3 Å². The summed E-state index contributed by atoms with van der Waals surface area (Å²) in [6.45, 7) is 0.868. The van der Waals surface area contributed by atoms with E-state index in [1.807, 2.05) is 0 Å². The smallest absolute Gasteiger partial charge is 0.329 e. The number of aromatic nitrogens is 5. The molecule has 1 aliphatic rings. The molecule has 3 rings (SSSR count). The van der Waals surface area contributed by atoms with Gasteiger partial charge in [0.1, 0.15) is 12.0 Å². The van der Waals surface area contributed by atoms with E-state index in [1.54, 1.807) is 0 Å². The number of nitrogens with zero attached hydrogens (tertiary/aromatic N) is 6. The Morgan fingerprint density at radius 2 is 2.19 bits per heavy atom. The highest BCUT2D eigenvalue weighted by atomic mass is 32.2. The number of nitro groups is 1. The van der Waals surface area contributed by atoms with Crippen LogP contribution in [0.25, 0.3) is 0 Å². The van der Waals surface area contributed by atoms with Gasteiger partial charge in [-0.2, -0.15) is 4.98 Å². The van der Waals surface area contributed by atoms with E-state index in [4.69, 9.17) is 5.73 Å². The number of nitrogens with two attached hydrogens (primary N) is 1. The van der Waals surface area contributed by atoms with E-state index < -0.39 is 4.92 Å². The van der Waals surface area contributed by atoms with E-state index >= 15 is 0 Å². The fourth-order valence-electron chi connectivity index (χ4n) is 2.18. The van der Waals surface area contributed by atoms with Crippen LogP contribution in [0.15, 0.2) is 16.5 Å². The summed E-state index contributed by atoms with van der Waals surface area (Å²) in [6, 6.07) is 0. The third-order valence-corrected chi connectivity index (χ3v) is 4.09. The van der Waals surface area contributed by atoms with Crippen molar-refractivity contribution in [2.24, 2.45) is 0 Å². The zero-order valence-electron chi connectivity index (χ0n) is 11.1. The molecule has 1 aliphatic heterocycles. The first-order valence-corrected chi connectivity index (χ1v) is 7.33. The van der Waals surface area contributed by atoms with Gasteiger partial charge in [-0.15, -0.1) is 10.2 Å². The average Bonchev–Trinajstić information content (AvgIpc) is 2.68. The minimum Gasteiger partial charge on any atom is -0.378 e. The second-order valence-corrected chi connectivity index (χ2v) is 5.58. The molecule has 0 aliphatic carbocycles. The van der Waals surface area contributed by atoms with Crippen LogP contribution in [-0.2, 0) is 13.0 Å². The van der Waals surface area contributed by atoms with Gasteiger partial charge in [0, 0.05) is 13.0 Å². The van der Waals surface area contributed by atoms with Gasteiger partial charge >= 0.3 is 5.69 Å². The van der Waals surface area contributed by atoms with E-state index in [1.165, 1.54) is 18.2 Å². The summed E-state index contributed by atoms with van der Waals surface area (Å²) >= 11 is 1.22. The highest BCUT2D eigenvalue weighted by Crippen LogP contribution is 2.28. The van der Waals surface area contributed by atoms with Gasteiger partial charge in [0.2, 0.25) is 5.82 Å². The number of aryl methyl sites for hydroxylation is 1. The van der Waals surface area contributed by atoms with Gasteiger partial charge in [-0.05, 0) is 24.6 Å². The van der Waals surface area contributed by atoms with Crippen LogP contribution in [0.4, 0.5) is 11.5 Å². The van der Waals surface area contributed by atoms with Crippen LogP contribution in [0.1, 0.15) is 25.1 Å². The summed E-state index contributed by atoms with van der Waals surface area (Å²) in [5, 5.41) is 20.0. The molecular formula is C11H13N7O2S. The van der Waals surface area contributed by atoms with Gasteiger partial charge in [0.25, 0.3) is 0 Å². The minimum absolute atomic E-state index is 0.145. The lowest BCUT2D eigenvalue weighted by Gasteiger charge is -2.05. The van der Waals surface area contributed by atoms with Crippen LogP contribution in [0.2, 0.25) is 0 Å². The summed E-state index contributed by atoms with van der Waals surface area (Å²) in [4.78, 5) is 18.0. The first kappa shape index (κ1) is 13.7. The van der Waals surface area contributed by atoms with E-state index in [0.717, 1.165) is 37.8 Å². The second kappa shape index (κ2) is 5.64. The van der Waals surface area contributed by atoms with Gasteiger partial charge in [-0.1, -0.05) is 6.42 Å². The maximum atomic E-state index is 10.7. The molecule has 0 spiro atoms. The first-order valence-electron chi connectivity index (χ1n) is 6.52. The van der Waals surface area contributed by atoms with Crippen molar-refractivity contribution in [1.82, 2.24) is 24.7 Å². The Balaban J connectivity index is 1.86. The zero-order chi connectivity index (χ0) is 14.8. The van der Waals surface area contributed by atoms with Crippen molar-refractivity contribution < 1.29 is 4.92 Å². The molecule has 10 heteroatoms. The van der Waals surface area contributed by atoms with Crippen molar-refractivity contribution in [2.75, 3.05) is 5.73 Å². The molecule has 0 bridgehead atoms. The molecular weight excluding hydrogens is 294 g/mol. The fraction of sp³-hybridized carbons (Fsp3) is 0.455. The predicted molar refractivity (Wildman–Crippen MR) is 74.8 cm³/mol. The Labute approximate surface area is 124 Å². The van der Waals surface area contributed by atoms with E-state index in [9.17, 15) is 10.1 Å². The van der Waals surface area contributed by atoms with Crippen molar-refractivity contribution in [1.29, 1.82) is 0 Å². The monoisotopic (exact) mass is 307 g/mol. The van der Waals surface area contributed by atoms with Gasteiger partial charge in [-0.3, -0.25) is 10.1 Å². The molecule has 110 valence electrons. The van der Waals surface area contributed by atoms with Gasteiger partial charge in [0.05, 0.1) is 4.92 Å². The van der Waals surface area contributed by atoms with Gasteiger partial charge < -0.3 is 10.3 Å². The number of nitrogen functional groups attached to an aromatic ring is 1. The van der Waals surface area contributed by atoms with Crippen molar-refractivity contribution in [3.63, 3.8) is 0 Å². The highest BCUT2D eigenvalue weighted by molar-refractivity contribution is 7.99. The van der Waals surface area contributed by atoms with E-state index in [-0.39, 0.29) is 11.5 Å². The number of anilines is 1. The predicted octanol–water partition coefficient (Wildman–Crippen LogP) is 1.44. The van der Waals surface area contributed by atoms with Gasteiger partial charge in [0.15, 0.2) is 10.3 Å². The summed E-state index contributed by atoms with van der Waals surface area (Å²) < 4.78 is 2.05. The number of fused-ring (bicyclic) bond motifs is 1. The zero-order valence-corrected chi connectivity index (χ0v) is 11.9. The largest absolute Gasteiger partial charge is 0.378 e. The normalized spacial score (nSPS) is 14.5. The Hall–Kier alpha value is -2.23. The van der Waals surface area contributed by atoms with Crippen LogP contribution < -0.4 is 5.73 Å². The maximum absolute atomic E-state index is 10.7. The average molecular weight is 307 g/mol. The molecule has 21 heavy (non-hydrogen) atoms. The molecule has 0 atom stereocenters. The third kappa shape index (κ3) is 2.79. The summed E-state index contributed by atoms with van der Waals surface area (Å²) in [7, 11) is 0. The summed E-state index contributed by atoms with van der Waals surface area (Å²) in [5.41, 5.74) is 5.27. The van der Waals surface area contributed by atoms with Crippen LogP contribution in [0.3, 0.4) is 0 Å². The molecule has 0 saturated carbocycles. The standard InChI is InChI=1S/C11H13N7O2S/c12-9-7(18(19)20)6-13-10(14-9)21-11-16-15-8-4-2-1-3-5-17(8)11/h6H,1-5H2,(H2,12,13,14). The maximum Gasteiger partial charge on any atom is 0.329 e.